The first-order valence-electron chi connectivity index (χ1n) is 7.33. The number of amides is 1. The van der Waals surface area contributed by atoms with Crippen molar-refractivity contribution in [2.75, 3.05) is 0 Å². The van der Waals surface area contributed by atoms with E-state index in [0.717, 1.165) is 19.3 Å². The van der Waals surface area contributed by atoms with Gasteiger partial charge in [-0.1, -0.05) is 44.0 Å². The Labute approximate surface area is 125 Å². The van der Waals surface area contributed by atoms with Gasteiger partial charge in [0, 0.05) is 17.2 Å². The third-order valence-electron chi connectivity index (χ3n) is 4.34. The van der Waals surface area contributed by atoms with E-state index in [9.17, 15) is 4.79 Å². The second-order valence-corrected chi connectivity index (χ2v) is 6.33. The lowest BCUT2D eigenvalue weighted by Gasteiger charge is -2.39. The molecule has 114 valence electrons. The molecule has 1 aliphatic rings. The van der Waals surface area contributed by atoms with Crippen LogP contribution < -0.4 is 11.1 Å². The Morgan fingerprint density at radius 2 is 2.10 bits per heavy atom. The molecule has 0 aliphatic heterocycles. The van der Waals surface area contributed by atoms with Crippen LogP contribution in [0.2, 0.25) is 0 Å². The summed E-state index contributed by atoms with van der Waals surface area (Å²) in [5.74, 6) is -0.106. The molecule has 1 amide bonds. The molecule has 1 unspecified atom stereocenters. The fraction of sp³-hybridized carbons (Fsp3) is 0.500. The topological polar surface area (TPSA) is 87.7 Å². The summed E-state index contributed by atoms with van der Waals surface area (Å²) in [6, 6.07) is 7.00. The Morgan fingerprint density at radius 3 is 2.76 bits per heavy atom. The number of nitrogens with one attached hydrogen (secondary N) is 1. The number of carbonyl (C=O) groups excluding carboxylic acids is 1. The van der Waals surface area contributed by atoms with Crippen molar-refractivity contribution < 1.29 is 10.0 Å². The van der Waals surface area contributed by atoms with Gasteiger partial charge in [0.1, 0.15) is 0 Å². The number of rotatable bonds is 3. The van der Waals surface area contributed by atoms with E-state index in [-0.39, 0.29) is 23.2 Å². The van der Waals surface area contributed by atoms with Crippen LogP contribution in [0.3, 0.4) is 0 Å². The molecule has 0 aromatic heterocycles. The lowest BCUT2D eigenvalue weighted by atomic mass is 9.73. The third-order valence-corrected chi connectivity index (χ3v) is 4.34. The van der Waals surface area contributed by atoms with Crippen LogP contribution in [0, 0.1) is 5.41 Å². The highest BCUT2D eigenvalue weighted by molar-refractivity contribution is 6.01. The Bertz CT molecular complexity index is 552. The molecule has 0 heterocycles. The molecule has 1 atom stereocenters. The first-order valence-corrected chi connectivity index (χ1v) is 7.33. The average molecular weight is 289 g/mol. The third kappa shape index (κ3) is 3.54. The summed E-state index contributed by atoms with van der Waals surface area (Å²) in [6.07, 6.45) is 4.51. The maximum atomic E-state index is 12.4. The molecule has 0 bridgehead atoms. The lowest BCUT2D eigenvalue weighted by Crippen LogP contribution is -2.46. The summed E-state index contributed by atoms with van der Waals surface area (Å²) in [5.41, 5.74) is 6.74. The predicted molar refractivity (Wildman–Crippen MR) is 82.5 cm³/mol. The number of nitrogens with two attached hydrogens (primary N) is 1. The molecular formula is C16H23N3O2. The van der Waals surface area contributed by atoms with E-state index < -0.39 is 0 Å². The molecule has 0 radical (unpaired) electrons. The average Bonchev–Trinajstić information content (AvgIpc) is 2.48. The maximum Gasteiger partial charge on any atom is 0.251 e. The molecule has 1 aliphatic carbocycles. The summed E-state index contributed by atoms with van der Waals surface area (Å²) in [5, 5.41) is 14.8. The fourth-order valence-electron chi connectivity index (χ4n) is 2.88. The molecule has 21 heavy (non-hydrogen) atoms. The first-order chi connectivity index (χ1) is 9.94. The van der Waals surface area contributed by atoms with Gasteiger partial charge in [0.25, 0.3) is 5.91 Å². The largest absolute Gasteiger partial charge is 0.409 e. The number of amidine groups is 1. The SMILES string of the molecule is CC1(C)CCCCC1NC(=O)c1cccc(C(N)=NO)c1. The highest BCUT2D eigenvalue weighted by Crippen LogP contribution is 2.35. The van der Waals surface area contributed by atoms with Crippen molar-refractivity contribution in [1.82, 2.24) is 5.32 Å². The standard InChI is InChI=1S/C16H23N3O2/c1-16(2)9-4-3-8-13(16)18-15(20)12-7-5-6-11(10-12)14(17)19-21/h5-7,10,13,21H,3-4,8-9H2,1-2H3,(H2,17,19)(H,18,20). The van der Waals surface area contributed by atoms with Crippen LogP contribution in [0.1, 0.15) is 55.5 Å². The molecule has 4 N–H and O–H groups in total. The molecule has 2 rings (SSSR count). The minimum Gasteiger partial charge on any atom is -0.409 e. The van der Waals surface area contributed by atoms with Gasteiger partial charge in [0.05, 0.1) is 0 Å². The number of carbonyl (C=O) groups is 1. The Kier molecular flexibility index (Phi) is 4.50. The highest BCUT2D eigenvalue weighted by Gasteiger charge is 2.33. The van der Waals surface area contributed by atoms with Crippen molar-refractivity contribution in [2.24, 2.45) is 16.3 Å². The number of benzene rings is 1. The number of hydrogen-bond acceptors (Lipinski definition) is 3. The summed E-state index contributed by atoms with van der Waals surface area (Å²) in [6.45, 7) is 4.40. The van der Waals surface area contributed by atoms with E-state index in [0.29, 0.717) is 11.1 Å². The van der Waals surface area contributed by atoms with Crippen LogP contribution in [0.5, 0.6) is 0 Å². The van der Waals surface area contributed by atoms with E-state index in [4.69, 9.17) is 10.9 Å². The van der Waals surface area contributed by atoms with Crippen LogP contribution >= 0.6 is 0 Å². The second-order valence-electron chi connectivity index (χ2n) is 6.33. The highest BCUT2D eigenvalue weighted by atomic mass is 16.4. The van der Waals surface area contributed by atoms with Crippen LogP contribution in [0.4, 0.5) is 0 Å². The summed E-state index contributed by atoms with van der Waals surface area (Å²) >= 11 is 0. The maximum absolute atomic E-state index is 12.4. The molecular weight excluding hydrogens is 266 g/mol. The van der Waals surface area contributed by atoms with E-state index in [1.807, 2.05) is 0 Å². The van der Waals surface area contributed by atoms with E-state index in [2.05, 4.69) is 24.3 Å². The number of hydrogen-bond donors (Lipinski definition) is 3. The van der Waals surface area contributed by atoms with Gasteiger partial charge < -0.3 is 16.3 Å². The molecule has 5 heteroatoms. The van der Waals surface area contributed by atoms with Gasteiger partial charge >= 0.3 is 0 Å². The molecule has 1 aromatic carbocycles. The molecule has 0 saturated heterocycles. The van der Waals surface area contributed by atoms with Crippen LogP contribution in [-0.2, 0) is 0 Å². The zero-order chi connectivity index (χ0) is 15.5. The van der Waals surface area contributed by atoms with Crippen molar-refractivity contribution in [2.45, 2.75) is 45.6 Å². The van der Waals surface area contributed by atoms with Crippen molar-refractivity contribution in [1.29, 1.82) is 0 Å². The first kappa shape index (κ1) is 15.4. The number of oxime groups is 1. The van der Waals surface area contributed by atoms with E-state index in [1.165, 1.54) is 6.42 Å². The normalized spacial score (nSPS) is 21.8. The second kappa shape index (κ2) is 6.16. The van der Waals surface area contributed by atoms with Crippen LogP contribution in [0.25, 0.3) is 0 Å². The number of nitrogens with zero attached hydrogens (tertiary/aromatic N) is 1. The van der Waals surface area contributed by atoms with E-state index >= 15 is 0 Å². The minimum atomic E-state index is -0.109. The lowest BCUT2D eigenvalue weighted by molar-refractivity contribution is 0.0853. The van der Waals surface area contributed by atoms with Gasteiger partial charge in [-0.05, 0) is 30.4 Å². The quantitative estimate of drug-likeness (QED) is 0.346. The van der Waals surface area contributed by atoms with Gasteiger partial charge in [0.2, 0.25) is 0 Å². The van der Waals surface area contributed by atoms with Crippen molar-refractivity contribution in [3.05, 3.63) is 35.4 Å². The Balaban J connectivity index is 2.13. The van der Waals surface area contributed by atoms with Gasteiger partial charge in [-0.25, -0.2) is 0 Å². The van der Waals surface area contributed by atoms with Crippen molar-refractivity contribution >= 4 is 11.7 Å². The molecule has 0 spiro atoms. The fourth-order valence-corrected chi connectivity index (χ4v) is 2.88. The zero-order valence-electron chi connectivity index (χ0n) is 12.6. The van der Waals surface area contributed by atoms with Gasteiger partial charge in [-0.15, -0.1) is 0 Å². The van der Waals surface area contributed by atoms with Crippen molar-refractivity contribution in [3.8, 4) is 0 Å². The minimum absolute atomic E-state index is 0.00245. The van der Waals surface area contributed by atoms with Crippen LogP contribution in [0.15, 0.2) is 29.4 Å². The van der Waals surface area contributed by atoms with Gasteiger partial charge in [-0.2, -0.15) is 0 Å². The van der Waals surface area contributed by atoms with E-state index in [1.54, 1.807) is 24.3 Å². The monoisotopic (exact) mass is 289 g/mol. The van der Waals surface area contributed by atoms with Gasteiger partial charge in [-0.3, -0.25) is 4.79 Å². The Morgan fingerprint density at radius 1 is 1.38 bits per heavy atom. The predicted octanol–water partition coefficient (Wildman–Crippen LogP) is 2.48. The van der Waals surface area contributed by atoms with Gasteiger partial charge in [0.15, 0.2) is 5.84 Å². The summed E-state index contributed by atoms with van der Waals surface area (Å²) < 4.78 is 0. The molecule has 5 nitrogen and oxygen atoms in total. The van der Waals surface area contributed by atoms with Crippen LogP contribution in [-0.4, -0.2) is 23.0 Å². The molecule has 1 aromatic rings. The molecule has 1 saturated carbocycles. The zero-order valence-corrected chi connectivity index (χ0v) is 12.6. The summed E-state index contributed by atoms with van der Waals surface area (Å²) in [4.78, 5) is 12.4. The molecule has 1 fully saturated rings. The smallest absolute Gasteiger partial charge is 0.251 e. The summed E-state index contributed by atoms with van der Waals surface area (Å²) in [7, 11) is 0. The Hall–Kier alpha value is -2.04. The van der Waals surface area contributed by atoms with Crippen molar-refractivity contribution in [3.63, 3.8) is 0 Å².